The lowest BCUT2D eigenvalue weighted by Gasteiger charge is -2.11. The van der Waals surface area contributed by atoms with E-state index in [0.717, 1.165) is 17.0 Å². The van der Waals surface area contributed by atoms with E-state index in [9.17, 15) is 9.90 Å². The molecule has 0 spiro atoms. The van der Waals surface area contributed by atoms with Crippen molar-refractivity contribution < 1.29 is 9.90 Å². The maximum atomic E-state index is 12.1. The molecule has 192 valence electrons. The van der Waals surface area contributed by atoms with E-state index >= 15 is 0 Å². The van der Waals surface area contributed by atoms with E-state index in [2.05, 4.69) is 65.6 Å². The highest BCUT2D eigenvalue weighted by Gasteiger charge is 2.07. The van der Waals surface area contributed by atoms with Crippen LogP contribution in [0.3, 0.4) is 0 Å². The fourth-order valence-corrected chi connectivity index (χ4v) is 2.91. The number of benzene rings is 2. The van der Waals surface area contributed by atoms with E-state index in [0.29, 0.717) is 35.6 Å². The van der Waals surface area contributed by atoms with E-state index < -0.39 is 0 Å². The van der Waals surface area contributed by atoms with Crippen LogP contribution < -0.4 is 16.0 Å². The third-order valence-electron chi connectivity index (χ3n) is 4.31. The van der Waals surface area contributed by atoms with Crippen LogP contribution >= 0.6 is 11.6 Å². The Balaban J connectivity index is 0.000000982. The molecule has 3 rings (SSSR count). The number of nitrogens with one attached hydrogen (secondary N) is 3. The monoisotopic (exact) mass is 509 g/mol. The number of aryl methyl sites for hydroxylation is 1. The standard InChI is InChI=1S/C22H24ClN5O2.C4H10.C2H2/c1-15-3-2-4-17(9-15)12-26-22-27-19(14-29)10-20(28-22)24-13-21(30)25-11-16-5-7-18(23)8-6-16;1-4(2)3;1-2/h2-10,29H,11-14H2,1H3,(H,25,30)(H2,24,26,27,28);4H,1-3H3;1-2H. The molecule has 0 aliphatic carbocycles. The molecule has 0 aliphatic heterocycles. The number of halogens is 1. The second kappa shape index (κ2) is 16.9. The smallest absolute Gasteiger partial charge is 0.239 e. The summed E-state index contributed by atoms with van der Waals surface area (Å²) in [6.45, 7) is 9.32. The third-order valence-corrected chi connectivity index (χ3v) is 4.56. The highest BCUT2D eigenvalue weighted by Crippen LogP contribution is 2.13. The van der Waals surface area contributed by atoms with Crippen molar-refractivity contribution in [2.45, 2.75) is 47.4 Å². The Hall–Kier alpha value is -3.60. The maximum Gasteiger partial charge on any atom is 0.239 e. The van der Waals surface area contributed by atoms with Gasteiger partial charge >= 0.3 is 0 Å². The number of aliphatic hydroxyl groups is 1. The van der Waals surface area contributed by atoms with Gasteiger partial charge in [0.25, 0.3) is 0 Å². The van der Waals surface area contributed by atoms with Gasteiger partial charge in [-0.15, -0.1) is 12.8 Å². The Labute approximate surface area is 219 Å². The molecule has 3 aromatic rings. The second-order valence-electron chi connectivity index (χ2n) is 8.56. The number of nitrogens with zero attached hydrogens (tertiary/aromatic N) is 2. The molecule has 36 heavy (non-hydrogen) atoms. The van der Waals surface area contributed by atoms with E-state index in [-0.39, 0.29) is 19.1 Å². The minimum Gasteiger partial charge on any atom is -0.390 e. The first-order valence-corrected chi connectivity index (χ1v) is 12.0. The van der Waals surface area contributed by atoms with Gasteiger partial charge in [-0.1, -0.05) is 74.3 Å². The van der Waals surface area contributed by atoms with Crippen LogP contribution in [0.1, 0.15) is 43.2 Å². The number of amides is 1. The Morgan fingerprint density at radius 3 is 2.25 bits per heavy atom. The molecule has 2 aromatic carbocycles. The number of carbonyl (C=O) groups excluding carboxylic acids is 1. The molecule has 8 heteroatoms. The van der Waals surface area contributed by atoms with E-state index in [1.165, 1.54) is 5.56 Å². The van der Waals surface area contributed by atoms with Gasteiger partial charge in [-0.05, 0) is 36.1 Å². The summed E-state index contributed by atoms with van der Waals surface area (Å²) in [4.78, 5) is 20.8. The largest absolute Gasteiger partial charge is 0.390 e. The van der Waals surface area contributed by atoms with Crippen molar-refractivity contribution in [3.8, 4) is 12.8 Å². The zero-order chi connectivity index (χ0) is 26.9. The van der Waals surface area contributed by atoms with Crippen LogP contribution in [-0.4, -0.2) is 27.5 Å². The molecule has 0 fully saturated rings. The van der Waals surface area contributed by atoms with Crippen molar-refractivity contribution in [1.82, 2.24) is 15.3 Å². The van der Waals surface area contributed by atoms with Gasteiger partial charge in [0.2, 0.25) is 11.9 Å². The lowest BCUT2D eigenvalue weighted by atomic mass is 10.1. The van der Waals surface area contributed by atoms with E-state index in [4.69, 9.17) is 11.6 Å². The van der Waals surface area contributed by atoms with Gasteiger partial charge in [0.15, 0.2) is 0 Å². The summed E-state index contributed by atoms with van der Waals surface area (Å²) in [5.41, 5.74) is 3.69. The van der Waals surface area contributed by atoms with Gasteiger partial charge in [0.05, 0.1) is 18.8 Å². The topological polar surface area (TPSA) is 99.2 Å². The van der Waals surface area contributed by atoms with Gasteiger partial charge in [-0.3, -0.25) is 4.79 Å². The SMILES string of the molecule is C#C.CC(C)C.Cc1cccc(CNc2nc(CO)cc(NCC(=O)NCc3ccc(Cl)cc3)n2)c1. The first kappa shape index (κ1) is 30.4. The van der Waals surface area contributed by atoms with Gasteiger partial charge in [-0.25, -0.2) is 4.98 Å². The molecule has 7 nitrogen and oxygen atoms in total. The fraction of sp³-hybridized carbons (Fsp3) is 0.321. The van der Waals surface area contributed by atoms with E-state index in [1.54, 1.807) is 18.2 Å². The zero-order valence-electron chi connectivity index (χ0n) is 21.4. The lowest BCUT2D eigenvalue weighted by molar-refractivity contribution is -0.119. The quantitative estimate of drug-likeness (QED) is 0.296. The average molecular weight is 510 g/mol. The Morgan fingerprint density at radius 1 is 0.972 bits per heavy atom. The molecule has 1 heterocycles. The highest BCUT2D eigenvalue weighted by molar-refractivity contribution is 6.30. The van der Waals surface area contributed by atoms with Crippen molar-refractivity contribution in [2.24, 2.45) is 5.92 Å². The van der Waals surface area contributed by atoms with Crippen LogP contribution in [0.25, 0.3) is 0 Å². The number of hydrogen-bond acceptors (Lipinski definition) is 6. The van der Waals surface area contributed by atoms with Crippen molar-refractivity contribution in [3.63, 3.8) is 0 Å². The van der Waals surface area contributed by atoms with Crippen molar-refractivity contribution in [2.75, 3.05) is 17.2 Å². The average Bonchev–Trinajstić information content (AvgIpc) is 2.86. The molecule has 0 radical (unpaired) electrons. The summed E-state index contributed by atoms with van der Waals surface area (Å²) in [5.74, 6) is 1.50. The molecule has 0 unspecified atom stereocenters. The Kier molecular flexibility index (Phi) is 14.3. The van der Waals surface area contributed by atoms with Crippen LogP contribution in [0, 0.1) is 25.7 Å². The summed E-state index contributed by atoms with van der Waals surface area (Å²) in [5, 5.41) is 19.1. The minimum atomic E-state index is -0.223. The predicted octanol–water partition coefficient (Wildman–Crippen LogP) is 5.18. The molecule has 0 aliphatic rings. The Bertz CT molecular complexity index is 1080. The van der Waals surface area contributed by atoms with Crippen LogP contribution in [0.5, 0.6) is 0 Å². The van der Waals surface area contributed by atoms with Crippen LogP contribution in [0.4, 0.5) is 11.8 Å². The predicted molar refractivity (Wildman–Crippen MR) is 149 cm³/mol. The number of hydrogen-bond donors (Lipinski definition) is 4. The number of aromatic nitrogens is 2. The summed E-state index contributed by atoms with van der Waals surface area (Å²) >= 11 is 5.86. The third kappa shape index (κ3) is 12.7. The van der Waals surface area contributed by atoms with Crippen molar-refractivity contribution in [3.05, 3.63) is 82.0 Å². The van der Waals surface area contributed by atoms with Gasteiger partial charge in [-0.2, -0.15) is 4.98 Å². The second-order valence-corrected chi connectivity index (χ2v) is 8.99. The van der Waals surface area contributed by atoms with Gasteiger partial charge in [0.1, 0.15) is 5.82 Å². The molecule has 0 bridgehead atoms. The number of anilines is 2. The van der Waals surface area contributed by atoms with Crippen molar-refractivity contribution >= 4 is 29.3 Å². The number of aliphatic hydroxyl groups excluding tert-OH is 1. The van der Waals surface area contributed by atoms with Gasteiger partial charge in [0, 0.05) is 24.2 Å². The summed E-state index contributed by atoms with van der Waals surface area (Å²) in [6, 6.07) is 17.0. The lowest BCUT2D eigenvalue weighted by Crippen LogP contribution is -2.29. The molecule has 1 amide bonds. The van der Waals surface area contributed by atoms with Crippen LogP contribution in [0.2, 0.25) is 5.02 Å². The molecule has 0 saturated carbocycles. The highest BCUT2D eigenvalue weighted by atomic mass is 35.5. The van der Waals surface area contributed by atoms with Gasteiger partial charge < -0.3 is 21.1 Å². The number of rotatable bonds is 9. The van der Waals surface area contributed by atoms with Crippen molar-refractivity contribution in [1.29, 1.82) is 0 Å². The minimum absolute atomic E-state index is 0.0484. The maximum absolute atomic E-state index is 12.1. The van der Waals surface area contributed by atoms with Crippen LogP contribution in [0.15, 0.2) is 54.6 Å². The zero-order valence-corrected chi connectivity index (χ0v) is 22.1. The summed E-state index contributed by atoms with van der Waals surface area (Å²) < 4.78 is 0. The number of carbonyl (C=O) groups is 1. The first-order chi connectivity index (χ1) is 17.2. The van der Waals surface area contributed by atoms with E-state index in [1.807, 2.05) is 37.3 Å². The molecule has 0 atom stereocenters. The molecule has 0 saturated heterocycles. The molecule has 1 aromatic heterocycles. The molecular weight excluding hydrogens is 474 g/mol. The number of terminal acetylenes is 1. The first-order valence-electron chi connectivity index (χ1n) is 11.6. The summed E-state index contributed by atoms with van der Waals surface area (Å²) in [6.07, 6.45) is 8.00. The van der Waals surface area contributed by atoms with Crippen LogP contribution in [-0.2, 0) is 24.5 Å². The Morgan fingerprint density at radius 2 is 1.64 bits per heavy atom. The molecule has 4 N–H and O–H groups in total. The summed E-state index contributed by atoms with van der Waals surface area (Å²) in [7, 11) is 0. The normalized spacial score (nSPS) is 9.81. The molecular formula is C28H36ClN5O2. The fourth-order valence-electron chi connectivity index (χ4n) is 2.79.